The van der Waals surface area contributed by atoms with Crippen molar-refractivity contribution in [1.29, 1.82) is 0 Å². The number of aryl methyl sites for hydroxylation is 2. The molecule has 0 unspecified atom stereocenters. The number of hydrogen-bond donors (Lipinski definition) is 1. The summed E-state index contributed by atoms with van der Waals surface area (Å²) >= 11 is 1.92. The second kappa shape index (κ2) is 12.1. The molecule has 1 amide bonds. The Labute approximate surface area is 174 Å². The van der Waals surface area contributed by atoms with Gasteiger partial charge in [-0.1, -0.05) is 31.0 Å². The van der Waals surface area contributed by atoms with Gasteiger partial charge in [0, 0.05) is 22.9 Å². The van der Waals surface area contributed by atoms with E-state index in [1.54, 1.807) is 0 Å². The first kappa shape index (κ1) is 22.7. The number of aromatic nitrogens is 1. The maximum atomic E-state index is 12.3. The molecular formula is C21H30N2O3S2. The van der Waals surface area contributed by atoms with E-state index < -0.39 is 10.8 Å². The number of hydrogen-bond acceptors (Lipinski definition) is 5. The van der Waals surface area contributed by atoms with Crippen molar-refractivity contribution in [1.82, 2.24) is 10.3 Å². The van der Waals surface area contributed by atoms with Gasteiger partial charge >= 0.3 is 0 Å². The summed E-state index contributed by atoms with van der Waals surface area (Å²) in [5.41, 5.74) is 2.67. The Kier molecular flexibility index (Phi) is 9.78. The molecule has 7 heteroatoms. The average Bonchev–Trinajstić information content (AvgIpc) is 3.01. The first-order chi connectivity index (χ1) is 13.5. The van der Waals surface area contributed by atoms with Crippen LogP contribution in [0.4, 0.5) is 0 Å². The second-order valence-electron chi connectivity index (χ2n) is 6.79. The van der Waals surface area contributed by atoms with Crippen LogP contribution in [0, 0.1) is 13.8 Å². The molecule has 2 aromatic rings. The van der Waals surface area contributed by atoms with E-state index in [2.05, 4.69) is 17.2 Å². The van der Waals surface area contributed by atoms with Gasteiger partial charge in [-0.05, 0) is 50.3 Å². The van der Waals surface area contributed by atoms with Crippen molar-refractivity contribution < 1.29 is 13.4 Å². The lowest BCUT2D eigenvalue weighted by Gasteiger charge is -2.05. The standard InChI is InChI=1S/C21H30N2O3S2/c1-4-5-11-27-12-7-10-22-20(24)15-28(25)14-19-17(3)26-21(23-19)18-9-6-8-16(2)13-18/h6,8-9,13H,4-5,7,10-12,14-15H2,1-3H3,(H,22,24)/t28-/m1/s1. The Balaban J connectivity index is 1.76. The van der Waals surface area contributed by atoms with Crippen molar-refractivity contribution in [3.05, 3.63) is 41.3 Å². The van der Waals surface area contributed by atoms with Crippen LogP contribution in [0.5, 0.6) is 0 Å². The zero-order valence-corrected chi connectivity index (χ0v) is 18.6. The third-order valence-electron chi connectivity index (χ3n) is 4.18. The Morgan fingerprint density at radius 3 is 2.79 bits per heavy atom. The van der Waals surface area contributed by atoms with E-state index in [9.17, 15) is 9.00 Å². The highest BCUT2D eigenvalue weighted by Gasteiger charge is 2.16. The predicted octanol–water partition coefficient (Wildman–Crippen LogP) is 4.25. The quantitative estimate of drug-likeness (QED) is 0.518. The number of benzene rings is 1. The van der Waals surface area contributed by atoms with E-state index in [-0.39, 0.29) is 17.4 Å². The van der Waals surface area contributed by atoms with E-state index in [4.69, 9.17) is 4.42 Å². The van der Waals surface area contributed by atoms with Gasteiger partial charge in [-0.2, -0.15) is 11.8 Å². The van der Waals surface area contributed by atoms with Gasteiger partial charge in [0.1, 0.15) is 11.5 Å². The van der Waals surface area contributed by atoms with Gasteiger partial charge in [-0.15, -0.1) is 0 Å². The number of nitrogens with zero attached hydrogens (tertiary/aromatic N) is 1. The average molecular weight is 423 g/mol. The van der Waals surface area contributed by atoms with Gasteiger partial charge in [-0.3, -0.25) is 9.00 Å². The Bertz CT molecular complexity index is 790. The molecule has 0 bridgehead atoms. The summed E-state index contributed by atoms with van der Waals surface area (Å²) in [5.74, 6) is 3.44. The minimum atomic E-state index is -1.31. The van der Waals surface area contributed by atoms with E-state index in [0.29, 0.717) is 23.9 Å². The molecular weight excluding hydrogens is 392 g/mol. The fourth-order valence-electron chi connectivity index (χ4n) is 2.61. The fraction of sp³-hybridized carbons (Fsp3) is 0.524. The SMILES string of the molecule is CCCCSCCCNC(=O)C[S@](=O)Cc1nc(-c2cccc(C)c2)oc1C. The van der Waals surface area contributed by atoms with Crippen LogP contribution in [0.1, 0.15) is 43.2 Å². The molecule has 2 rings (SSSR count). The molecule has 1 N–H and O–H groups in total. The second-order valence-corrected chi connectivity index (χ2v) is 9.47. The zero-order chi connectivity index (χ0) is 20.4. The lowest BCUT2D eigenvalue weighted by Crippen LogP contribution is -2.29. The van der Waals surface area contributed by atoms with Crippen molar-refractivity contribution >= 4 is 28.5 Å². The number of rotatable bonds is 12. The number of carbonyl (C=O) groups excluding carboxylic acids is 1. The van der Waals surface area contributed by atoms with Crippen LogP contribution in [-0.2, 0) is 21.3 Å². The molecule has 28 heavy (non-hydrogen) atoms. The summed E-state index contributed by atoms with van der Waals surface area (Å²) in [6, 6.07) is 7.90. The van der Waals surface area contributed by atoms with Crippen molar-refractivity contribution in [2.24, 2.45) is 0 Å². The van der Waals surface area contributed by atoms with Gasteiger partial charge in [0.2, 0.25) is 11.8 Å². The molecule has 0 aliphatic heterocycles. The summed E-state index contributed by atoms with van der Waals surface area (Å²) in [7, 11) is -1.31. The maximum absolute atomic E-state index is 12.3. The van der Waals surface area contributed by atoms with Crippen LogP contribution in [-0.4, -0.2) is 38.9 Å². The van der Waals surface area contributed by atoms with Crippen molar-refractivity contribution in [3.8, 4) is 11.5 Å². The van der Waals surface area contributed by atoms with Crippen LogP contribution in [0.15, 0.2) is 28.7 Å². The van der Waals surface area contributed by atoms with Crippen LogP contribution >= 0.6 is 11.8 Å². The van der Waals surface area contributed by atoms with Crippen molar-refractivity contribution in [2.75, 3.05) is 23.8 Å². The number of unbranched alkanes of at least 4 members (excludes halogenated alkanes) is 1. The lowest BCUT2D eigenvalue weighted by molar-refractivity contribution is -0.118. The molecule has 0 spiro atoms. The summed E-state index contributed by atoms with van der Waals surface area (Å²) in [5, 5.41) is 2.85. The summed E-state index contributed by atoms with van der Waals surface area (Å²) in [4.78, 5) is 16.5. The van der Waals surface area contributed by atoms with E-state index in [0.717, 1.165) is 23.3 Å². The van der Waals surface area contributed by atoms with E-state index in [1.807, 2.05) is 49.9 Å². The number of carbonyl (C=O) groups is 1. The van der Waals surface area contributed by atoms with Gasteiger partial charge in [0.05, 0.1) is 11.4 Å². The highest BCUT2D eigenvalue weighted by Crippen LogP contribution is 2.23. The Hall–Kier alpha value is -1.60. The van der Waals surface area contributed by atoms with Crippen molar-refractivity contribution in [3.63, 3.8) is 0 Å². The molecule has 154 valence electrons. The van der Waals surface area contributed by atoms with Gasteiger partial charge < -0.3 is 9.73 Å². The Morgan fingerprint density at radius 2 is 2.04 bits per heavy atom. The molecule has 0 saturated carbocycles. The molecule has 1 atom stereocenters. The first-order valence-corrected chi connectivity index (χ1v) is 12.4. The van der Waals surface area contributed by atoms with Crippen molar-refractivity contribution in [2.45, 2.75) is 45.8 Å². The number of oxazole rings is 1. The van der Waals surface area contributed by atoms with Gasteiger partial charge in [0.25, 0.3) is 0 Å². The lowest BCUT2D eigenvalue weighted by atomic mass is 10.1. The first-order valence-electron chi connectivity index (χ1n) is 9.72. The monoisotopic (exact) mass is 422 g/mol. The summed E-state index contributed by atoms with van der Waals surface area (Å²) < 4.78 is 18.1. The smallest absolute Gasteiger partial charge is 0.232 e. The molecule has 5 nitrogen and oxygen atoms in total. The predicted molar refractivity (Wildman–Crippen MR) is 118 cm³/mol. The molecule has 1 heterocycles. The zero-order valence-electron chi connectivity index (χ0n) is 17.0. The molecule has 0 fully saturated rings. The van der Waals surface area contributed by atoms with Gasteiger partial charge in [0.15, 0.2) is 0 Å². The third-order valence-corrected chi connectivity index (χ3v) is 6.51. The minimum Gasteiger partial charge on any atom is -0.441 e. The minimum absolute atomic E-state index is 0.00490. The fourth-order valence-corrected chi connectivity index (χ4v) is 4.73. The Morgan fingerprint density at radius 1 is 1.25 bits per heavy atom. The summed E-state index contributed by atoms with van der Waals surface area (Å²) in [6.07, 6.45) is 3.39. The van der Waals surface area contributed by atoms with Gasteiger partial charge in [-0.25, -0.2) is 4.98 Å². The third kappa shape index (κ3) is 7.80. The van der Waals surface area contributed by atoms with Crippen LogP contribution in [0.3, 0.4) is 0 Å². The molecule has 1 aromatic carbocycles. The molecule has 0 aliphatic carbocycles. The number of amides is 1. The maximum Gasteiger partial charge on any atom is 0.232 e. The molecule has 1 aromatic heterocycles. The molecule has 0 aliphatic rings. The summed E-state index contributed by atoms with van der Waals surface area (Å²) in [6.45, 7) is 6.65. The molecule has 0 saturated heterocycles. The molecule has 0 radical (unpaired) electrons. The number of thioether (sulfide) groups is 1. The highest BCUT2D eigenvalue weighted by atomic mass is 32.2. The van der Waals surface area contributed by atoms with E-state index >= 15 is 0 Å². The van der Waals surface area contributed by atoms with Crippen LogP contribution in [0.2, 0.25) is 0 Å². The topological polar surface area (TPSA) is 72.2 Å². The largest absolute Gasteiger partial charge is 0.441 e. The van der Waals surface area contributed by atoms with Crippen LogP contribution < -0.4 is 5.32 Å². The highest BCUT2D eigenvalue weighted by molar-refractivity contribution is 7.99. The van der Waals surface area contributed by atoms with Crippen LogP contribution in [0.25, 0.3) is 11.5 Å². The normalized spacial score (nSPS) is 12.1. The van der Waals surface area contributed by atoms with E-state index in [1.165, 1.54) is 18.6 Å². The number of nitrogens with one attached hydrogen (secondary N) is 1.